The van der Waals surface area contributed by atoms with Gasteiger partial charge in [-0.3, -0.25) is 4.79 Å². The van der Waals surface area contributed by atoms with E-state index in [2.05, 4.69) is 6.58 Å². The molecule has 164 valence electrons. The van der Waals surface area contributed by atoms with Crippen LogP contribution in [0.1, 0.15) is 33.6 Å². The Morgan fingerprint density at radius 1 is 1.30 bits per heavy atom. The Morgan fingerprint density at radius 2 is 2.00 bits per heavy atom. The number of hydrogen-bond donors (Lipinski definition) is 2. The monoisotopic (exact) mass is 420 g/mol. The SMILES string of the molecule is C=C1C(=O)O[C@@H]2C=C(C)[C@@H](OC(C)=O)CC=C(C)C[C@@H](OC(=O)/C(=C/CO)CO)[C@@H]12. The Labute approximate surface area is 175 Å². The second-order valence-corrected chi connectivity index (χ2v) is 7.43. The van der Waals surface area contributed by atoms with Gasteiger partial charge in [-0.25, -0.2) is 9.59 Å². The predicted molar refractivity (Wildman–Crippen MR) is 107 cm³/mol. The number of rotatable bonds is 5. The first kappa shape index (κ1) is 23.6. The van der Waals surface area contributed by atoms with Crippen LogP contribution in [0.5, 0.6) is 0 Å². The van der Waals surface area contributed by atoms with E-state index in [1.165, 1.54) is 13.0 Å². The van der Waals surface area contributed by atoms with Crippen molar-refractivity contribution in [2.24, 2.45) is 5.92 Å². The molecule has 1 saturated heterocycles. The van der Waals surface area contributed by atoms with Gasteiger partial charge in [0, 0.05) is 25.3 Å². The summed E-state index contributed by atoms with van der Waals surface area (Å²) in [5.41, 5.74) is 1.67. The van der Waals surface area contributed by atoms with Crippen LogP contribution in [0.15, 0.2) is 47.1 Å². The van der Waals surface area contributed by atoms with Crippen LogP contribution < -0.4 is 0 Å². The minimum atomic E-state index is -0.786. The molecule has 2 N–H and O–H groups in total. The van der Waals surface area contributed by atoms with Crippen LogP contribution in [0.4, 0.5) is 0 Å². The number of carbonyl (C=O) groups excluding carboxylic acids is 3. The lowest BCUT2D eigenvalue weighted by Crippen LogP contribution is -2.34. The Hall–Kier alpha value is -2.71. The van der Waals surface area contributed by atoms with Crippen LogP contribution in [-0.4, -0.2) is 59.6 Å². The van der Waals surface area contributed by atoms with Crippen LogP contribution in [0.25, 0.3) is 0 Å². The van der Waals surface area contributed by atoms with Crippen molar-refractivity contribution in [1.82, 2.24) is 0 Å². The number of hydrogen-bond acceptors (Lipinski definition) is 8. The third kappa shape index (κ3) is 5.67. The summed E-state index contributed by atoms with van der Waals surface area (Å²) in [4.78, 5) is 36.2. The van der Waals surface area contributed by atoms with E-state index in [1.807, 2.05) is 13.0 Å². The summed E-state index contributed by atoms with van der Waals surface area (Å²) in [7, 11) is 0. The molecule has 0 aromatic carbocycles. The van der Waals surface area contributed by atoms with Gasteiger partial charge in [0.05, 0.1) is 24.7 Å². The number of ether oxygens (including phenoxy) is 3. The van der Waals surface area contributed by atoms with Gasteiger partial charge in [-0.2, -0.15) is 0 Å². The molecular formula is C22H28O8. The summed E-state index contributed by atoms with van der Waals surface area (Å²) >= 11 is 0. The minimum absolute atomic E-state index is 0.0784. The molecule has 0 unspecified atom stereocenters. The topological polar surface area (TPSA) is 119 Å². The van der Waals surface area contributed by atoms with Gasteiger partial charge in [0.2, 0.25) is 0 Å². The fraction of sp³-hybridized carbons (Fsp3) is 0.500. The Kier molecular flexibility index (Phi) is 8.14. The molecule has 8 nitrogen and oxygen atoms in total. The molecule has 4 atom stereocenters. The number of esters is 3. The molecule has 0 bridgehead atoms. The lowest BCUT2D eigenvalue weighted by atomic mass is 9.85. The molecule has 0 aromatic rings. The number of aliphatic hydroxyl groups excluding tert-OH is 2. The van der Waals surface area contributed by atoms with Crippen molar-refractivity contribution in [2.45, 2.75) is 51.9 Å². The van der Waals surface area contributed by atoms with Gasteiger partial charge in [-0.05, 0) is 31.6 Å². The third-order valence-electron chi connectivity index (χ3n) is 5.14. The van der Waals surface area contributed by atoms with E-state index in [9.17, 15) is 19.5 Å². The molecule has 2 aliphatic rings. The maximum absolute atomic E-state index is 12.5. The molecule has 1 aliphatic heterocycles. The van der Waals surface area contributed by atoms with Crippen LogP contribution in [0.3, 0.4) is 0 Å². The normalized spacial score (nSPS) is 27.4. The van der Waals surface area contributed by atoms with Crippen LogP contribution in [0, 0.1) is 5.92 Å². The highest BCUT2D eigenvalue weighted by Crippen LogP contribution is 2.36. The van der Waals surface area contributed by atoms with Gasteiger partial charge in [0.1, 0.15) is 18.3 Å². The van der Waals surface area contributed by atoms with Gasteiger partial charge in [0.15, 0.2) is 0 Å². The zero-order valence-corrected chi connectivity index (χ0v) is 17.4. The lowest BCUT2D eigenvalue weighted by Gasteiger charge is -2.28. The molecule has 8 heteroatoms. The first-order valence-corrected chi connectivity index (χ1v) is 9.70. The molecule has 0 radical (unpaired) electrons. The smallest absolute Gasteiger partial charge is 0.336 e. The quantitative estimate of drug-likeness (QED) is 0.297. The van der Waals surface area contributed by atoms with E-state index in [0.29, 0.717) is 18.4 Å². The molecule has 2 rings (SSSR count). The molecule has 0 aromatic heterocycles. The van der Waals surface area contributed by atoms with Crippen LogP contribution in [0.2, 0.25) is 0 Å². The maximum Gasteiger partial charge on any atom is 0.336 e. The lowest BCUT2D eigenvalue weighted by molar-refractivity contribution is -0.148. The average Bonchev–Trinajstić information content (AvgIpc) is 2.94. The van der Waals surface area contributed by atoms with Crippen molar-refractivity contribution in [1.29, 1.82) is 0 Å². The molecular weight excluding hydrogens is 392 g/mol. The Balaban J connectivity index is 2.42. The van der Waals surface area contributed by atoms with E-state index < -0.39 is 55.4 Å². The van der Waals surface area contributed by atoms with E-state index in [1.54, 1.807) is 13.0 Å². The van der Waals surface area contributed by atoms with Crippen LogP contribution >= 0.6 is 0 Å². The highest BCUT2D eigenvalue weighted by molar-refractivity contribution is 5.92. The molecule has 0 saturated carbocycles. The zero-order chi connectivity index (χ0) is 22.4. The second kappa shape index (κ2) is 10.4. The summed E-state index contributed by atoms with van der Waals surface area (Å²) < 4.78 is 16.5. The summed E-state index contributed by atoms with van der Waals surface area (Å²) in [6.45, 7) is 7.76. The van der Waals surface area contributed by atoms with E-state index in [0.717, 1.165) is 5.57 Å². The minimum Gasteiger partial charge on any atom is -0.458 e. The molecule has 1 fully saturated rings. The first-order chi connectivity index (χ1) is 14.2. The zero-order valence-electron chi connectivity index (χ0n) is 17.4. The Morgan fingerprint density at radius 3 is 2.60 bits per heavy atom. The van der Waals surface area contributed by atoms with Gasteiger partial charge >= 0.3 is 17.9 Å². The van der Waals surface area contributed by atoms with Crippen molar-refractivity contribution in [3.8, 4) is 0 Å². The fourth-order valence-corrected chi connectivity index (χ4v) is 3.56. The number of carbonyl (C=O) groups is 3. The summed E-state index contributed by atoms with van der Waals surface area (Å²) in [5, 5.41) is 18.4. The highest BCUT2D eigenvalue weighted by Gasteiger charge is 2.45. The van der Waals surface area contributed by atoms with Crippen molar-refractivity contribution in [2.75, 3.05) is 13.2 Å². The Bertz CT molecular complexity index is 804. The van der Waals surface area contributed by atoms with Crippen LogP contribution in [-0.2, 0) is 28.6 Å². The van der Waals surface area contributed by atoms with Gasteiger partial charge in [-0.15, -0.1) is 0 Å². The van der Waals surface area contributed by atoms with E-state index in [-0.39, 0.29) is 11.1 Å². The molecule has 1 aliphatic carbocycles. The largest absolute Gasteiger partial charge is 0.458 e. The number of aliphatic hydroxyl groups is 2. The molecule has 0 amide bonds. The average molecular weight is 420 g/mol. The summed E-state index contributed by atoms with van der Waals surface area (Å²) in [5.74, 6) is -2.44. The van der Waals surface area contributed by atoms with Crippen molar-refractivity contribution in [3.63, 3.8) is 0 Å². The third-order valence-corrected chi connectivity index (χ3v) is 5.14. The van der Waals surface area contributed by atoms with Gasteiger partial charge in [0.25, 0.3) is 0 Å². The first-order valence-electron chi connectivity index (χ1n) is 9.70. The van der Waals surface area contributed by atoms with Gasteiger partial charge < -0.3 is 24.4 Å². The number of fused-ring (bicyclic) bond motifs is 1. The molecule has 1 heterocycles. The highest BCUT2D eigenvalue weighted by atomic mass is 16.6. The fourth-order valence-electron chi connectivity index (χ4n) is 3.56. The molecule has 0 spiro atoms. The summed E-state index contributed by atoms with van der Waals surface area (Å²) in [6, 6.07) is 0. The predicted octanol–water partition coefficient (Wildman–Crippen LogP) is 1.53. The van der Waals surface area contributed by atoms with Gasteiger partial charge in [-0.1, -0.05) is 18.2 Å². The van der Waals surface area contributed by atoms with Crippen molar-refractivity contribution >= 4 is 17.9 Å². The maximum atomic E-state index is 12.5. The van der Waals surface area contributed by atoms with Crippen molar-refractivity contribution < 1.29 is 38.8 Å². The van der Waals surface area contributed by atoms with E-state index in [4.69, 9.17) is 19.3 Å². The standard InChI is InChI=1S/C22H28O8/c1-12-5-6-17(28-15(4)25)13(2)10-19-20(14(3)21(26)29-19)18(9-12)30-22(27)16(11-24)7-8-23/h5,7,10,17-20,23-24H,3,6,8-9,11H2,1-2,4H3/b12-5?,13-10?,16-7+/t17-,18+,19+,20+/m0/s1. The van der Waals surface area contributed by atoms with Crippen molar-refractivity contribution in [3.05, 3.63) is 47.1 Å². The molecule has 30 heavy (non-hydrogen) atoms. The summed E-state index contributed by atoms with van der Waals surface area (Å²) in [6.07, 6.45) is 3.45. The van der Waals surface area contributed by atoms with E-state index >= 15 is 0 Å². The second-order valence-electron chi connectivity index (χ2n) is 7.43.